The summed E-state index contributed by atoms with van der Waals surface area (Å²) in [5.41, 5.74) is 4.50. The van der Waals surface area contributed by atoms with Crippen LogP contribution in [0.25, 0.3) is 0 Å². The zero-order valence-corrected chi connectivity index (χ0v) is 12.8. The highest BCUT2D eigenvalue weighted by atomic mass is 16.1. The van der Waals surface area contributed by atoms with Crippen molar-refractivity contribution in [2.75, 3.05) is 12.4 Å². The van der Waals surface area contributed by atoms with Crippen LogP contribution in [0.15, 0.2) is 30.6 Å². The van der Waals surface area contributed by atoms with Crippen LogP contribution in [0.3, 0.4) is 0 Å². The number of anilines is 1. The third-order valence-corrected chi connectivity index (χ3v) is 3.42. The number of aromatic nitrogens is 2. The average molecular weight is 284 g/mol. The van der Waals surface area contributed by atoms with Crippen LogP contribution in [0, 0.1) is 13.8 Å². The van der Waals surface area contributed by atoms with E-state index in [1.54, 1.807) is 19.4 Å². The molecule has 0 aliphatic rings. The summed E-state index contributed by atoms with van der Waals surface area (Å²) in [6.45, 7) is 5.97. The molecule has 0 aliphatic heterocycles. The number of aryl methyl sites for hydroxylation is 2. The lowest BCUT2D eigenvalue weighted by molar-refractivity contribution is 0.0963. The Balaban J connectivity index is 2.20. The lowest BCUT2D eigenvalue weighted by atomic mass is 10.1. The van der Waals surface area contributed by atoms with Crippen LogP contribution < -0.4 is 10.6 Å². The predicted octanol–water partition coefficient (Wildman–Crippen LogP) is 2.63. The topological polar surface area (TPSA) is 66.9 Å². The second-order valence-corrected chi connectivity index (χ2v) is 5.00. The fraction of sp³-hybridized carbons (Fsp3) is 0.312. The van der Waals surface area contributed by atoms with E-state index in [4.69, 9.17) is 0 Å². The van der Waals surface area contributed by atoms with Gasteiger partial charge in [0.1, 0.15) is 0 Å². The first kappa shape index (κ1) is 15.0. The summed E-state index contributed by atoms with van der Waals surface area (Å²) in [6.07, 6.45) is 3.39. The zero-order chi connectivity index (χ0) is 15.4. The maximum Gasteiger partial charge on any atom is 0.251 e. The molecule has 0 fully saturated rings. The molecule has 0 saturated heterocycles. The van der Waals surface area contributed by atoms with Gasteiger partial charge in [0.2, 0.25) is 0 Å². The van der Waals surface area contributed by atoms with Gasteiger partial charge in [0.15, 0.2) is 0 Å². The van der Waals surface area contributed by atoms with Gasteiger partial charge in [-0.1, -0.05) is 0 Å². The predicted molar refractivity (Wildman–Crippen MR) is 83.4 cm³/mol. The summed E-state index contributed by atoms with van der Waals surface area (Å²) in [5.74, 6) is -0.0810. The highest BCUT2D eigenvalue weighted by Gasteiger charge is 2.12. The van der Waals surface area contributed by atoms with Crippen LogP contribution in [-0.4, -0.2) is 22.9 Å². The van der Waals surface area contributed by atoms with E-state index in [1.165, 1.54) is 0 Å². The molecule has 21 heavy (non-hydrogen) atoms. The fourth-order valence-corrected chi connectivity index (χ4v) is 2.26. The number of hydrogen-bond donors (Lipinski definition) is 2. The third kappa shape index (κ3) is 3.37. The van der Waals surface area contributed by atoms with Crippen LogP contribution in [0.1, 0.15) is 40.3 Å². The molecule has 0 saturated carbocycles. The number of rotatable bonds is 4. The second-order valence-electron chi connectivity index (χ2n) is 5.00. The van der Waals surface area contributed by atoms with E-state index < -0.39 is 0 Å². The van der Waals surface area contributed by atoms with Crippen molar-refractivity contribution in [3.63, 3.8) is 0 Å². The van der Waals surface area contributed by atoms with E-state index in [1.807, 2.05) is 39.0 Å². The minimum atomic E-state index is -0.0810. The van der Waals surface area contributed by atoms with Crippen LogP contribution in [0.2, 0.25) is 0 Å². The van der Waals surface area contributed by atoms with Crippen molar-refractivity contribution in [2.24, 2.45) is 0 Å². The molecular formula is C16H20N4O. The van der Waals surface area contributed by atoms with Gasteiger partial charge in [0.25, 0.3) is 5.91 Å². The van der Waals surface area contributed by atoms with E-state index in [2.05, 4.69) is 20.6 Å². The van der Waals surface area contributed by atoms with Crippen molar-refractivity contribution in [2.45, 2.75) is 26.8 Å². The molecule has 5 nitrogen and oxygen atoms in total. The van der Waals surface area contributed by atoms with Crippen LogP contribution >= 0.6 is 0 Å². The number of carbonyl (C=O) groups excluding carboxylic acids is 1. The van der Waals surface area contributed by atoms with E-state index in [-0.39, 0.29) is 11.9 Å². The highest BCUT2D eigenvalue weighted by Crippen LogP contribution is 2.23. The van der Waals surface area contributed by atoms with Gasteiger partial charge in [-0.2, -0.15) is 0 Å². The minimum Gasteiger partial charge on any atom is -0.377 e. The SMILES string of the molecule is CNC(=O)c1ccc(NC(C)c2nccnc2C)c(C)c1. The normalized spacial score (nSPS) is 11.8. The van der Waals surface area contributed by atoms with Gasteiger partial charge in [-0.15, -0.1) is 0 Å². The summed E-state index contributed by atoms with van der Waals surface area (Å²) in [6, 6.07) is 5.65. The molecular weight excluding hydrogens is 264 g/mol. The minimum absolute atomic E-state index is 0.0447. The zero-order valence-electron chi connectivity index (χ0n) is 12.8. The molecule has 0 spiro atoms. The number of amides is 1. The van der Waals surface area contributed by atoms with Crippen LogP contribution in [0.4, 0.5) is 5.69 Å². The summed E-state index contributed by atoms with van der Waals surface area (Å²) in [5, 5.41) is 6.04. The van der Waals surface area contributed by atoms with E-state index in [0.717, 1.165) is 22.6 Å². The molecule has 2 rings (SSSR count). The molecule has 110 valence electrons. The maximum atomic E-state index is 11.6. The molecule has 1 unspecified atom stereocenters. The Morgan fingerprint density at radius 1 is 1.19 bits per heavy atom. The molecule has 1 atom stereocenters. The Hall–Kier alpha value is -2.43. The summed E-state index contributed by atoms with van der Waals surface area (Å²) < 4.78 is 0. The van der Waals surface area contributed by atoms with Crippen molar-refractivity contribution in [3.05, 3.63) is 53.1 Å². The van der Waals surface area contributed by atoms with Crippen LogP contribution in [0.5, 0.6) is 0 Å². The van der Waals surface area contributed by atoms with Crippen LogP contribution in [-0.2, 0) is 0 Å². The van der Waals surface area contributed by atoms with E-state index in [9.17, 15) is 4.79 Å². The van der Waals surface area contributed by atoms with Crippen molar-refractivity contribution >= 4 is 11.6 Å². The number of hydrogen-bond acceptors (Lipinski definition) is 4. The molecule has 2 N–H and O–H groups in total. The Morgan fingerprint density at radius 3 is 2.52 bits per heavy atom. The molecule has 1 aromatic carbocycles. The molecule has 5 heteroatoms. The van der Waals surface area contributed by atoms with Gasteiger partial charge in [0, 0.05) is 30.7 Å². The van der Waals surface area contributed by atoms with E-state index in [0.29, 0.717) is 5.56 Å². The van der Waals surface area contributed by atoms with Crippen molar-refractivity contribution < 1.29 is 4.79 Å². The van der Waals surface area contributed by atoms with Gasteiger partial charge < -0.3 is 10.6 Å². The number of nitrogens with one attached hydrogen (secondary N) is 2. The molecule has 1 amide bonds. The monoisotopic (exact) mass is 284 g/mol. The summed E-state index contributed by atoms with van der Waals surface area (Å²) >= 11 is 0. The Morgan fingerprint density at radius 2 is 1.90 bits per heavy atom. The number of carbonyl (C=O) groups is 1. The Bertz CT molecular complexity index is 654. The van der Waals surface area contributed by atoms with Gasteiger partial charge in [-0.3, -0.25) is 14.8 Å². The Labute approximate surface area is 124 Å². The van der Waals surface area contributed by atoms with Crippen molar-refractivity contribution in [3.8, 4) is 0 Å². The first-order chi connectivity index (χ1) is 10.0. The standard InChI is InChI=1S/C16H20N4O/c1-10-9-13(16(21)17-4)5-6-14(10)20-12(3)15-11(2)18-7-8-19-15/h5-9,12,20H,1-4H3,(H,17,21). The Kier molecular flexibility index (Phi) is 4.52. The summed E-state index contributed by atoms with van der Waals surface area (Å²) in [7, 11) is 1.63. The molecule has 1 aromatic heterocycles. The van der Waals surface area contributed by atoms with Crippen molar-refractivity contribution in [1.82, 2.24) is 15.3 Å². The first-order valence-electron chi connectivity index (χ1n) is 6.89. The van der Waals surface area contributed by atoms with Gasteiger partial charge >= 0.3 is 0 Å². The lowest BCUT2D eigenvalue weighted by Crippen LogP contribution is -2.18. The van der Waals surface area contributed by atoms with E-state index >= 15 is 0 Å². The molecule has 1 heterocycles. The maximum absolute atomic E-state index is 11.6. The molecule has 0 aliphatic carbocycles. The number of nitrogens with zero attached hydrogens (tertiary/aromatic N) is 2. The summed E-state index contributed by atoms with van der Waals surface area (Å²) in [4.78, 5) is 20.2. The number of benzene rings is 1. The second kappa shape index (κ2) is 6.35. The molecule has 0 bridgehead atoms. The average Bonchev–Trinajstić information content (AvgIpc) is 2.48. The smallest absolute Gasteiger partial charge is 0.251 e. The largest absolute Gasteiger partial charge is 0.377 e. The van der Waals surface area contributed by atoms with Crippen molar-refractivity contribution in [1.29, 1.82) is 0 Å². The molecule has 0 radical (unpaired) electrons. The highest BCUT2D eigenvalue weighted by molar-refractivity contribution is 5.94. The lowest BCUT2D eigenvalue weighted by Gasteiger charge is -2.18. The third-order valence-electron chi connectivity index (χ3n) is 3.42. The molecule has 2 aromatic rings. The van der Waals surface area contributed by atoms with Gasteiger partial charge in [-0.05, 0) is 44.5 Å². The quantitative estimate of drug-likeness (QED) is 0.905. The van der Waals surface area contributed by atoms with Gasteiger partial charge in [-0.25, -0.2) is 0 Å². The fourth-order valence-electron chi connectivity index (χ4n) is 2.26. The first-order valence-corrected chi connectivity index (χ1v) is 6.89. The van der Waals surface area contributed by atoms with Gasteiger partial charge in [0.05, 0.1) is 17.4 Å².